The van der Waals surface area contributed by atoms with E-state index >= 15 is 0 Å². The summed E-state index contributed by atoms with van der Waals surface area (Å²) in [4.78, 5) is 17.3. The molecule has 5 atom stereocenters. The molecule has 0 aliphatic heterocycles. The number of guanidine groups is 1. The van der Waals surface area contributed by atoms with Crippen LogP contribution in [0.4, 0.5) is 0 Å². The van der Waals surface area contributed by atoms with Gasteiger partial charge in [-0.25, -0.2) is 0 Å². The van der Waals surface area contributed by atoms with E-state index in [0.717, 1.165) is 68.4 Å². The highest BCUT2D eigenvalue weighted by atomic mass is 16.5. The second-order valence-corrected chi connectivity index (χ2v) is 14.8. The van der Waals surface area contributed by atoms with Crippen molar-refractivity contribution in [1.29, 1.82) is 0 Å². The van der Waals surface area contributed by atoms with E-state index in [1.165, 1.54) is 44.1 Å². The molecule has 5 unspecified atom stereocenters. The van der Waals surface area contributed by atoms with Crippen LogP contribution < -0.4 is 16.2 Å². The smallest absolute Gasteiger partial charge is 0.185 e. The molecule has 1 aromatic carbocycles. The van der Waals surface area contributed by atoms with Gasteiger partial charge in [0.1, 0.15) is 0 Å². The summed E-state index contributed by atoms with van der Waals surface area (Å²) in [7, 11) is 1.77. The molecule has 5 rings (SSSR count). The quantitative estimate of drug-likeness (QED) is 0.0786. The lowest BCUT2D eigenvalue weighted by Crippen LogP contribution is -2.38. The van der Waals surface area contributed by atoms with E-state index in [2.05, 4.69) is 30.1 Å². The minimum atomic E-state index is 0.0731. The normalized spacial score (nSPS) is 27.1. The van der Waals surface area contributed by atoms with Crippen LogP contribution in [-0.2, 0) is 16.0 Å². The number of aliphatic imine (C=N–C) groups is 1. The van der Waals surface area contributed by atoms with Gasteiger partial charge in [-0.1, -0.05) is 56.4 Å². The molecule has 0 heterocycles. The Morgan fingerprint density at radius 2 is 1.83 bits per heavy atom. The lowest BCUT2D eigenvalue weighted by molar-refractivity contribution is -0.114. The molecule has 0 spiro atoms. The summed E-state index contributed by atoms with van der Waals surface area (Å²) in [5, 5.41) is 12.0. The van der Waals surface area contributed by atoms with Crippen LogP contribution in [0.25, 0.3) is 0 Å². The van der Waals surface area contributed by atoms with Gasteiger partial charge in [0.15, 0.2) is 23.2 Å². The van der Waals surface area contributed by atoms with Gasteiger partial charge in [-0.05, 0) is 124 Å². The number of benzene rings is 1. The number of hydrogen-bond acceptors (Lipinski definition) is 5. The third kappa shape index (κ3) is 9.17. The van der Waals surface area contributed by atoms with E-state index in [1.807, 2.05) is 6.07 Å². The van der Waals surface area contributed by atoms with Crippen LogP contribution >= 0.6 is 0 Å². The van der Waals surface area contributed by atoms with Crippen LogP contribution in [0.1, 0.15) is 120 Å². The van der Waals surface area contributed by atoms with Crippen molar-refractivity contribution < 1.29 is 19.4 Å². The van der Waals surface area contributed by atoms with Gasteiger partial charge in [0, 0.05) is 25.6 Å². The summed E-state index contributed by atoms with van der Waals surface area (Å²) >= 11 is 0. The fourth-order valence-electron chi connectivity index (χ4n) is 8.92. The molecule has 7 heteroatoms. The van der Waals surface area contributed by atoms with Crippen molar-refractivity contribution in [2.75, 3.05) is 20.3 Å². The monoisotopic (exact) mass is 633 g/mol. The highest BCUT2D eigenvalue weighted by molar-refractivity contribution is 5.89. The minimum absolute atomic E-state index is 0.0731. The number of nitrogens with zero attached hydrogens (tertiary/aromatic N) is 1. The fourth-order valence-corrected chi connectivity index (χ4v) is 8.92. The Bertz CT molecular complexity index is 1240. The zero-order chi connectivity index (χ0) is 32.5. The Hall–Kier alpha value is -2.80. The first-order valence-corrected chi connectivity index (χ1v) is 18.3. The summed E-state index contributed by atoms with van der Waals surface area (Å²) in [6.07, 6.45) is 23.6. The molecule has 0 saturated heterocycles. The average molecular weight is 634 g/mol. The molecule has 0 amide bonds. The number of phenols is 1. The van der Waals surface area contributed by atoms with Crippen LogP contribution in [0.5, 0.6) is 11.5 Å². The number of fused-ring (bicyclic) bond motifs is 1. The second kappa shape index (κ2) is 16.9. The number of carbonyl (C=O) groups excluding carboxylic acids is 1. The summed E-state index contributed by atoms with van der Waals surface area (Å²) in [6.45, 7) is 3.49. The van der Waals surface area contributed by atoms with Gasteiger partial charge in [0.25, 0.3) is 0 Å². The van der Waals surface area contributed by atoms with E-state index in [9.17, 15) is 9.90 Å². The number of carbonyl (C=O) groups is 1. The number of rotatable bonds is 15. The van der Waals surface area contributed by atoms with E-state index in [4.69, 9.17) is 20.9 Å². The molecule has 0 bridgehead atoms. The van der Waals surface area contributed by atoms with Gasteiger partial charge in [-0.3, -0.25) is 9.79 Å². The van der Waals surface area contributed by atoms with Crippen LogP contribution in [0.2, 0.25) is 0 Å². The van der Waals surface area contributed by atoms with Gasteiger partial charge in [0.2, 0.25) is 0 Å². The number of ether oxygens (including phenoxy) is 2. The molecule has 3 saturated carbocycles. The van der Waals surface area contributed by atoms with E-state index in [-0.39, 0.29) is 41.3 Å². The van der Waals surface area contributed by atoms with Crippen LogP contribution in [0, 0.1) is 29.6 Å². The van der Waals surface area contributed by atoms with Gasteiger partial charge in [-0.15, -0.1) is 0 Å². The molecular weight excluding hydrogens is 574 g/mol. The van der Waals surface area contributed by atoms with Crippen molar-refractivity contribution in [2.24, 2.45) is 46.0 Å². The zero-order valence-electron chi connectivity index (χ0n) is 28.4. The number of nitrogens with two attached hydrogens (primary N) is 2. The maximum absolute atomic E-state index is 13.0. The van der Waals surface area contributed by atoms with Crippen molar-refractivity contribution in [3.63, 3.8) is 0 Å². The second-order valence-electron chi connectivity index (χ2n) is 14.8. The SMILES string of the molecule is COCC1C(CCN=C(N)N)C=C2CCC(C)CC2C1c1cc(CCC(=O)C=CCCC2CCCC2)cc(OC2CCCC2)c1O. The summed E-state index contributed by atoms with van der Waals surface area (Å²) < 4.78 is 12.4. The number of methoxy groups -OCH3 is 1. The molecule has 254 valence electrons. The van der Waals surface area contributed by atoms with Crippen molar-refractivity contribution in [3.8, 4) is 11.5 Å². The highest BCUT2D eigenvalue weighted by Gasteiger charge is 2.44. The maximum Gasteiger partial charge on any atom is 0.185 e. The van der Waals surface area contributed by atoms with E-state index in [0.29, 0.717) is 43.6 Å². The predicted octanol–water partition coefficient (Wildman–Crippen LogP) is 7.74. The largest absolute Gasteiger partial charge is 0.504 e. The number of aryl methyl sites for hydroxylation is 1. The molecule has 46 heavy (non-hydrogen) atoms. The van der Waals surface area contributed by atoms with Gasteiger partial charge < -0.3 is 26.0 Å². The zero-order valence-corrected chi connectivity index (χ0v) is 28.4. The Labute approximate surface area is 277 Å². The summed E-state index contributed by atoms with van der Waals surface area (Å²) in [6, 6.07) is 4.18. The molecule has 1 aromatic rings. The van der Waals surface area contributed by atoms with Crippen LogP contribution in [-0.4, -0.2) is 43.2 Å². The highest BCUT2D eigenvalue weighted by Crippen LogP contribution is 2.55. The Morgan fingerprint density at radius 3 is 2.57 bits per heavy atom. The number of hydrogen-bond donors (Lipinski definition) is 3. The molecule has 7 nitrogen and oxygen atoms in total. The average Bonchev–Trinajstić information content (AvgIpc) is 3.75. The lowest BCUT2D eigenvalue weighted by atomic mass is 9.59. The van der Waals surface area contributed by atoms with Crippen molar-refractivity contribution in [3.05, 3.63) is 47.1 Å². The van der Waals surface area contributed by atoms with Crippen molar-refractivity contribution in [1.82, 2.24) is 0 Å². The first-order chi connectivity index (χ1) is 22.3. The first kappa shape index (κ1) is 34.5. The van der Waals surface area contributed by atoms with Gasteiger partial charge in [-0.2, -0.15) is 0 Å². The van der Waals surface area contributed by atoms with Gasteiger partial charge in [0.05, 0.1) is 12.7 Å². The van der Waals surface area contributed by atoms with E-state index in [1.54, 1.807) is 13.2 Å². The van der Waals surface area contributed by atoms with Gasteiger partial charge >= 0.3 is 0 Å². The molecular formula is C39H59N3O4. The Balaban J connectivity index is 1.42. The predicted molar refractivity (Wildman–Crippen MR) is 186 cm³/mol. The molecule has 0 aromatic heterocycles. The third-order valence-electron chi connectivity index (χ3n) is 11.3. The number of ketones is 1. The molecule has 4 aliphatic rings. The summed E-state index contributed by atoms with van der Waals surface area (Å²) in [5.41, 5.74) is 14.9. The Kier molecular flexibility index (Phi) is 12.6. The van der Waals surface area contributed by atoms with Crippen molar-refractivity contribution >= 4 is 11.7 Å². The van der Waals surface area contributed by atoms with Crippen LogP contribution in [0.3, 0.4) is 0 Å². The fraction of sp³-hybridized carbons (Fsp3) is 0.692. The number of allylic oxidation sites excluding steroid dienone is 4. The molecule has 5 N–H and O–H groups in total. The molecule has 3 fully saturated rings. The number of phenolic OH excluding ortho intramolecular Hbond substituents is 1. The molecule has 4 aliphatic carbocycles. The Morgan fingerprint density at radius 1 is 1.07 bits per heavy atom. The van der Waals surface area contributed by atoms with E-state index < -0.39 is 0 Å². The molecule has 0 radical (unpaired) electrons. The topological polar surface area (TPSA) is 120 Å². The maximum atomic E-state index is 13.0. The first-order valence-electron chi connectivity index (χ1n) is 18.3. The lowest BCUT2D eigenvalue weighted by Gasteiger charge is -2.46. The number of aromatic hydroxyl groups is 1. The van der Waals surface area contributed by atoms with Crippen molar-refractivity contribution in [2.45, 2.75) is 122 Å². The standard InChI is InChI=1S/C39H59N3O4/c1-26-15-17-29-24-30(19-20-42-39(40)41)35(25-45-2)37(33(29)21-26)34-22-28(23-36(38(34)44)46-32-13-7-8-14-32)16-18-31(43)12-6-5-11-27-9-3-4-10-27/h6,12,22-24,26-27,30,32-33,35,37,44H,3-5,7-11,13-21,25H2,1-2H3,(H4,40,41,42). The van der Waals surface area contributed by atoms with Crippen LogP contribution in [0.15, 0.2) is 40.9 Å². The summed E-state index contributed by atoms with van der Waals surface area (Å²) in [5.74, 6) is 3.36. The third-order valence-corrected chi connectivity index (χ3v) is 11.3. The minimum Gasteiger partial charge on any atom is -0.504 e.